The third-order valence-electron chi connectivity index (χ3n) is 9.62. The summed E-state index contributed by atoms with van der Waals surface area (Å²) in [7, 11) is 0. The number of carbonyl (C=O) groups is 1. The van der Waals surface area contributed by atoms with E-state index in [-0.39, 0.29) is 36.0 Å². The molecule has 13 atom stereocenters. The fraction of sp³-hybridized carbons (Fsp3) is 0.630. The SMILES string of the molecule is C/C=C1/[C@@H](O[C@H]2O[C@@H](CO)[C@@H](O)[C@@H](O)[C@@H]2O)N2[C@H]3C[C@@H]1[C@@H]1[C@@H](OC(C)=O)[C@@]4(C[C@@H]12)C3=Nc1ccccc14. The maximum atomic E-state index is 12.4. The van der Waals surface area contributed by atoms with E-state index in [0.29, 0.717) is 0 Å². The summed E-state index contributed by atoms with van der Waals surface area (Å²) in [6.07, 6.45) is -4.07. The van der Waals surface area contributed by atoms with E-state index in [1.165, 1.54) is 6.92 Å². The van der Waals surface area contributed by atoms with Gasteiger partial charge >= 0.3 is 5.97 Å². The number of aliphatic imine (C=N–C) groups is 1. The van der Waals surface area contributed by atoms with Gasteiger partial charge in [-0.2, -0.15) is 0 Å². The van der Waals surface area contributed by atoms with Crippen LogP contribution in [0.2, 0.25) is 0 Å². The number of hydrogen-bond donors (Lipinski definition) is 4. The van der Waals surface area contributed by atoms with Gasteiger partial charge in [0.2, 0.25) is 0 Å². The minimum atomic E-state index is -1.52. The minimum absolute atomic E-state index is 0.0495. The van der Waals surface area contributed by atoms with Crippen molar-refractivity contribution in [3.63, 3.8) is 0 Å². The molecule has 7 aliphatic rings. The molecular weight excluding hydrogens is 480 g/mol. The van der Waals surface area contributed by atoms with Crippen LogP contribution in [0.1, 0.15) is 32.3 Å². The molecule has 1 aromatic carbocycles. The summed E-state index contributed by atoms with van der Waals surface area (Å²) in [5.41, 5.74) is 3.57. The van der Waals surface area contributed by atoms with Crippen LogP contribution in [0.3, 0.4) is 0 Å². The Labute approximate surface area is 214 Å². The number of aliphatic hydroxyl groups is 4. The molecule has 5 saturated heterocycles. The number of rotatable bonds is 4. The zero-order chi connectivity index (χ0) is 25.8. The van der Waals surface area contributed by atoms with Crippen LogP contribution in [0.4, 0.5) is 5.69 Å². The van der Waals surface area contributed by atoms with Crippen molar-refractivity contribution in [2.24, 2.45) is 16.8 Å². The Morgan fingerprint density at radius 1 is 1.24 bits per heavy atom. The maximum Gasteiger partial charge on any atom is 0.302 e. The van der Waals surface area contributed by atoms with Gasteiger partial charge in [-0.25, -0.2) is 0 Å². The molecule has 0 radical (unpaired) electrons. The molecule has 5 bridgehead atoms. The lowest BCUT2D eigenvalue weighted by molar-refractivity contribution is -0.328. The van der Waals surface area contributed by atoms with Gasteiger partial charge in [-0.05, 0) is 42.9 Å². The number of ether oxygens (including phenoxy) is 3. The first kappa shape index (κ1) is 23.9. The monoisotopic (exact) mass is 512 g/mol. The Balaban J connectivity index is 1.30. The molecule has 0 aromatic heterocycles. The van der Waals surface area contributed by atoms with Crippen LogP contribution in [-0.2, 0) is 24.4 Å². The average molecular weight is 513 g/mol. The van der Waals surface area contributed by atoms with Crippen molar-refractivity contribution in [3.8, 4) is 0 Å². The van der Waals surface area contributed by atoms with Gasteiger partial charge < -0.3 is 34.6 Å². The first-order valence-corrected chi connectivity index (χ1v) is 13.1. The Bertz CT molecular complexity index is 1200. The molecule has 10 heteroatoms. The van der Waals surface area contributed by atoms with Crippen molar-refractivity contribution in [2.75, 3.05) is 6.61 Å². The molecule has 1 aliphatic carbocycles. The van der Waals surface area contributed by atoms with Crippen LogP contribution in [0, 0.1) is 11.8 Å². The lowest BCUT2D eigenvalue weighted by atomic mass is 9.66. The molecule has 4 N–H and O–H groups in total. The number of piperidine rings is 4. The molecule has 1 unspecified atom stereocenters. The zero-order valence-corrected chi connectivity index (χ0v) is 20.7. The molecule has 8 rings (SSSR count). The van der Waals surface area contributed by atoms with Gasteiger partial charge in [0.15, 0.2) is 6.29 Å². The van der Waals surface area contributed by atoms with Crippen molar-refractivity contribution in [2.45, 2.75) is 87.2 Å². The Morgan fingerprint density at radius 3 is 2.76 bits per heavy atom. The highest BCUT2D eigenvalue weighted by Crippen LogP contribution is 2.67. The van der Waals surface area contributed by atoms with E-state index in [9.17, 15) is 25.2 Å². The van der Waals surface area contributed by atoms with E-state index in [1.54, 1.807) is 0 Å². The van der Waals surface area contributed by atoms with Crippen molar-refractivity contribution in [1.29, 1.82) is 0 Å². The highest BCUT2D eigenvalue weighted by Gasteiger charge is 2.75. The predicted octanol–water partition coefficient (Wildman–Crippen LogP) is 0.137. The summed E-state index contributed by atoms with van der Waals surface area (Å²) in [5, 5.41) is 40.9. The maximum absolute atomic E-state index is 12.4. The van der Waals surface area contributed by atoms with Crippen molar-refractivity contribution < 1.29 is 39.4 Å². The normalized spacial score (nSPS) is 49.7. The molecular formula is C27H32N2O8. The summed E-state index contributed by atoms with van der Waals surface area (Å²) >= 11 is 0. The van der Waals surface area contributed by atoms with Gasteiger partial charge in [0.25, 0.3) is 0 Å². The van der Waals surface area contributed by atoms with Crippen LogP contribution in [0.25, 0.3) is 0 Å². The standard InChI is InChI=1S/C27H32N2O8/c1-3-12-13-8-16-23-27(14-6-4-5-7-15(14)28-23)9-17(19(13)24(27)35-11(2)31)29(16)25(12)37-26-22(34)21(33)20(32)18(10-30)36-26/h3-7,13,16-22,24-26,30,32-34H,8-10H2,1-2H3/b12-3+/t13-,16-,17-,18-,19-,20+,21+,22-,24+,25+,26+,27+/m0/s1. The molecule has 1 saturated carbocycles. The lowest BCUT2D eigenvalue weighted by Gasteiger charge is -2.59. The van der Waals surface area contributed by atoms with Gasteiger partial charge in [-0.1, -0.05) is 24.3 Å². The quantitative estimate of drug-likeness (QED) is 0.327. The number of carbonyl (C=O) groups excluding carboxylic acids is 1. The average Bonchev–Trinajstić information content (AvgIpc) is 3.36. The van der Waals surface area contributed by atoms with Gasteiger partial charge in [-0.15, -0.1) is 0 Å². The zero-order valence-electron chi connectivity index (χ0n) is 20.7. The molecule has 6 heterocycles. The lowest BCUT2D eigenvalue weighted by Crippen LogP contribution is -2.70. The van der Waals surface area contributed by atoms with Gasteiger partial charge in [-0.3, -0.25) is 14.7 Å². The number of fused-ring (bicyclic) bond motifs is 2. The molecule has 198 valence electrons. The molecule has 10 nitrogen and oxygen atoms in total. The van der Waals surface area contributed by atoms with Crippen molar-refractivity contribution >= 4 is 17.4 Å². The van der Waals surface area contributed by atoms with Crippen LogP contribution < -0.4 is 0 Å². The minimum Gasteiger partial charge on any atom is -0.461 e. The summed E-state index contributed by atoms with van der Waals surface area (Å²) in [6, 6.07) is 8.10. The highest BCUT2D eigenvalue weighted by atomic mass is 16.7. The molecule has 37 heavy (non-hydrogen) atoms. The van der Waals surface area contributed by atoms with Crippen molar-refractivity contribution in [1.82, 2.24) is 4.90 Å². The summed E-state index contributed by atoms with van der Waals surface area (Å²) in [6.45, 7) is 2.89. The number of nitrogens with zero attached hydrogens (tertiary/aromatic N) is 2. The fourth-order valence-electron chi connectivity index (χ4n) is 8.32. The second-order valence-electron chi connectivity index (χ2n) is 11.1. The molecule has 6 aliphatic heterocycles. The Kier molecular flexibility index (Phi) is 5.27. The number of hydrogen-bond acceptors (Lipinski definition) is 10. The van der Waals surface area contributed by atoms with Crippen LogP contribution in [0.15, 0.2) is 40.9 Å². The van der Waals surface area contributed by atoms with E-state index in [0.717, 1.165) is 35.4 Å². The van der Waals surface area contributed by atoms with Crippen LogP contribution in [-0.4, -0.2) is 98.7 Å². The van der Waals surface area contributed by atoms with E-state index in [1.807, 2.05) is 31.2 Å². The van der Waals surface area contributed by atoms with Crippen molar-refractivity contribution in [3.05, 3.63) is 41.5 Å². The van der Waals surface area contributed by atoms with E-state index < -0.39 is 49.0 Å². The fourth-order valence-corrected chi connectivity index (χ4v) is 8.32. The van der Waals surface area contributed by atoms with E-state index >= 15 is 0 Å². The molecule has 1 spiro atoms. The third kappa shape index (κ3) is 2.95. The van der Waals surface area contributed by atoms with Gasteiger partial charge in [0.1, 0.15) is 36.7 Å². The first-order chi connectivity index (χ1) is 17.8. The Morgan fingerprint density at radius 2 is 2.03 bits per heavy atom. The summed E-state index contributed by atoms with van der Waals surface area (Å²) in [4.78, 5) is 19.8. The number of para-hydroxylation sites is 1. The molecule has 6 fully saturated rings. The molecule has 0 amide bonds. The van der Waals surface area contributed by atoms with Crippen LogP contribution >= 0.6 is 0 Å². The second-order valence-corrected chi connectivity index (χ2v) is 11.1. The number of esters is 1. The second kappa shape index (κ2) is 8.16. The third-order valence-corrected chi connectivity index (χ3v) is 9.62. The topological polar surface area (TPSA) is 141 Å². The number of allylic oxidation sites excluding steroid dienone is 1. The highest BCUT2D eigenvalue weighted by molar-refractivity contribution is 6.08. The van der Waals surface area contributed by atoms with E-state index in [2.05, 4.69) is 11.0 Å². The largest absolute Gasteiger partial charge is 0.461 e. The van der Waals surface area contributed by atoms with Crippen LogP contribution in [0.5, 0.6) is 0 Å². The number of aliphatic hydroxyl groups excluding tert-OH is 4. The number of benzene rings is 1. The smallest absolute Gasteiger partial charge is 0.302 e. The summed E-state index contributed by atoms with van der Waals surface area (Å²) in [5.74, 6) is -0.176. The summed E-state index contributed by atoms with van der Waals surface area (Å²) < 4.78 is 18.3. The predicted molar refractivity (Wildman–Crippen MR) is 129 cm³/mol. The van der Waals surface area contributed by atoms with Gasteiger partial charge in [0.05, 0.1) is 29.5 Å². The Hall–Kier alpha value is -2.18. The molecule has 1 aromatic rings. The van der Waals surface area contributed by atoms with Gasteiger partial charge in [0, 0.05) is 18.9 Å². The first-order valence-electron chi connectivity index (χ1n) is 13.1. The van der Waals surface area contributed by atoms with E-state index in [4.69, 9.17) is 19.2 Å².